The van der Waals surface area contributed by atoms with Crippen molar-refractivity contribution in [2.45, 2.75) is 251 Å². The Labute approximate surface area is 281 Å². The maximum Gasteiger partial charge on any atom is 0.000966 e. The summed E-state index contributed by atoms with van der Waals surface area (Å²) in [6, 6.07) is 0. The molecule has 0 radical (unpaired) electrons. The average molecular weight is 618 g/mol. The quantitative estimate of drug-likeness (QED) is 0.0632. The van der Waals surface area contributed by atoms with E-state index in [1.54, 1.807) is 0 Å². The summed E-state index contributed by atoms with van der Waals surface area (Å²) in [5.41, 5.74) is 0. The van der Waals surface area contributed by atoms with Crippen LogP contribution in [-0.2, 0) is 0 Å². The van der Waals surface area contributed by atoms with Crippen LogP contribution in [-0.4, -0.2) is 24.5 Å². The lowest BCUT2D eigenvalue weighted by atomic mass is 9.92. The molecule has 0 aliphatic carbocycles. The van der Waals surface area contributed by atoms with Crippen molar-refractivity contribution in [2.75, 3.05) is 19.6 Å². The summed E-state index contributed by atoms with van der Waals surface area (Å²) < 4.78 is 0. The van der Waals surface area contributed by atoms with E-state index in [0.29, 0.717) is 0 Å². The fourth-order valence-electron chi connectivity index (χ4n) is 7.81. The second-order valence-corrected chi connectivity index (χ2v) is 15.4. The molecular formula is C43H87N. The smallest absolute Gasteiger partial charge is 0.000966 e. The minimum absolute atomic E-state index is 1.01. The van der Waals surface area contributed by atoms with E-state index in [1.165, 1.54) is 257 Å². The highest BCUT2D eigenvalue weighted by Gasteiger charge is 2.18. The molecule has 1 heteroatoms. The Kier molecular flexibility index (Phi) is 34.2. The zero-order chi connectivity index (χ0) is 31.4. The zero-order valence-electron chi connectivity index (χ0n) is 31.3. The second-order valence-electron chi connectivity index (χ2n) is 15.4. The van der Waals surface area contributed by atoms with Gasteiger partial charge in [-0.2, -0.15) is 0 Å². The normalized spacial score (nSPS) is 15.8. The van der Waals surface area contributed by atoms with Gasteiger partial charge in [0, 0.05) is 6.54 Å². The van der Waals surface area contributed by atoms with Crippen LogP contribution in [0.15, 0.2) is 0 Å². The van der Waals surface area contributed by atoms with Crippen molar-refractivity contribution in [1.29, 1.82) is 0 Å². The maximum atomic E-state index is 2.83. The third-order valence-electron chi connectivity index (χ3n) is 10.9. The molecule has 0 aromatic heterocycles. The molecule has 0 amide bonds. The van der Waals surface area contributed by atoms with E-state index in [-0.39, 0.29) is 0 Å². The Morgan fingerprint density at radius 1 is 0.364 bits per heavy atom. The third-order valence-corrected chi connectivity index (χ3v) is 10.9. The SMILES string of the molecule is CCCCCCCCCCCCCCCCCCCC1CCCN(CCCCCCCCCCCCCCCCCCC)C1. The molecule has 1 aliphatic heterocycles. The van der Waals surface area contributed by atoms with E-state index in [1.807, 2.05) is 0 Å². The van der Waals surface area contributed by atoms with Crippen LogP contribution in [0.3, 0.4) is 0 Å². The van der Waals surface area contributed by atoms with E-state index in [0.717, 1.165) is 5.92 Å². The summed E-state index contributed by atoms with van der Waals surface area (Å²) in [7, 11) is 0. The first kappa shape index (κ1) is 42.0. The standard InChI is InChI=1S/C43H87N/c1-3-5-7-9-11-13-15-17-19-21-23-25-27-29-31-33-35-38-43-39-37-41-44(42-43)40-36-34-32-30-28-26-24-22-20-18-16-14-12-10-8-6-4-2/h43H,3-42H2,1-2H3. The van der Waals surface area contributed by atoms with Gasteiger partial charge < -0.3 is 4.90 Å². The summed E-state index contributed by atoms with van der Waals surface area (Å²) in [6.07, 6.45) is 54.7. The van der Waals surface area contributed by atoms with E-state index >= 15 is 0 Å². The van der Waals surface area contributed by atoms with Crippen molar-refractivity contribution in [3.05, 3.63) is 0 Å². The summed E-state index contributed by atoms with van der Waals surface area (Å²) in [5, 5.41) is 0. The van der Waals surface area contributed by atoms with Gasteiger partial charge in [0.25, 0.3) is 0 Å². The highest BCUT2D eigenvalue weighted by atomic mass is 15.1. The number of hydrogen-bond acceptors (Lipinski definition) is 1. The molecule has 0 bridgehead atoms. The lowest BCUT2D eigenvalue weighted by Crippen LogP contribution is -2.36. The van der Waals surface area contributed by atoms with Gasteiger partial charge in [0.2, 0.25) is 0 Å². The van der Waals surface area contributed by atoms with Gasteiger partial charge in [0.15, 0.2) is 0 Å². The van der Waals surface area contributed by atoms with Gasteiger partial charge >= 0.3 is 0 Å². The molecule has 0 spiro atoms. The first-order valence-corrected chi connectivity index (χ1v) is 21.6. The summed E-state index contributed by atoms with van der Waals surface area (Å²) >= 11 is 0. The third kappa shape index (κ3) is 30.6. The summed E-state index contributed by atoms with van der Waals surface area (Å²) in [4.78, 5) is 2.83. The van der Waals surface area contributed by atoms with Crippen molar-refractivity contribution in [1.82, 2.24) is 4.90 Å². The molecular weight excluding hydrogens is 530 g/mol. The number of piperidine rings is 1. The molecule has 1 rings (SSSR count). The van der Waals surface area contributed by atoms with Crippen LogP contribution in [0.5, 0.6) is 0 Å². The topological polar surface area (TPSA) is 3.24 Å². The molecule has 0 saturated carbocycles. The molecule has 44 heavy (non-hydrogen) atoms. The molecule has 1 nitrogen and oxygen atoms in total. The van der Waals surface area contributed by atoms with E-state index in [2.05, 4.69) is 18.7 Å². The number of unbranched alkanes of at least 4 members (excludes halogenated alkanes) is 32. The van der Waals surface area contributed by atoms with Crippen molar-refractivity contribution < 1.29 is 0 Å². The summed E-state index contributed by atoms with van der Waals surface area (Å²) in [6.45, 7) is 8.81. The molecule has 1 unspecified atom stereocenters. The number of rotatable bonds is 36. The fourth-order valence-corrected chi connectivity index (χ4v) is 7.81. The van der Waals surface area contributed by atoms with Gasteiger partial charge in [0.1, 0.15) is 0 Å². The van der Waals surface area contributed by atoms with Gasteiger partial charge in [-0.15, -0.1) is 0 Å². The number of hydrogen-bond donors (Lipinski definition) is 0. The number of nitrogens with zero attached hydrogens (tertiary/aromatic N) is 1. The predicted octanol–water partition coefficient (Wildman–Crippen LogP) is 15.4. The predicted molar refractivity (Wildman–Crippen MR) is 202 cm³/mol. The molecule has 1 atom stereocenters. The monoisotopic (exact) mass is 618 g/mol. The van der Waals surface area contributed by atoms with E-state index in [4.69, 9.17) is 0 Å². The van der Waals surface area contributed by atoms with E-state index < -0.39 is 0 Å². The Morgan fingerprint density at radius 3 is 1.00 bits per heavy atom. The highest BCUT2D eigenvalue weighted by Crippen LogP contribution is 2.23. The lowest BCUT2D eigenvalue weighted by Gasteiger charge is -2.32. The van der Waals surface area contributed by atoms with Gasteiger partial charge in [-0.25, -0.2) is 0 Å². The van der Waals surface area contributed by atoms with E-state index in [9.17, 15) is 0 Å². The zero-order valence-corrected chi connectivity index (χ0v) is 31.3. The molecule has 0 aromatic rings. The first-order chi connectivity index (χ1) is 21.9. The molecule has 1 fully saturated rings. The Hall–Kier alpha value is -0.0400. The second kappa shape index (κ2) is 35.8. The van der Waals surface area contributed by atoms with Crippen molar-refractivity contribution in [2.24, 2.45) is 5.92 Å². The van der Waals surface area contributed by atoms with Crippen molar-refractivity contribution >= 4 is 0 Å². The lowest BCUT2D eigenvalue weighted by molar-refractivity contribution is 0.163. The highest BCUT2D eigenvalue weighted by molar-refractivity contribution is 4.73. The average Bonchev–Trinajstić information content (AvgIpc) is 3.04. The molecule has 1 saturated heterocycles. The summed E-state index contributed by atoms with van der Waals surface area (Å²) in [5.74, 6) is 1.01. The van der Waals surface area contributed by atoms with Crippen LogP contribution >= 0.6 is 0 Å². The van der Waals surface area contributed by atoms with Gasteiger partial charge in [0.05, 0.1) is 0 Å². The fraction of sp³-hybridized carbons (Fsp3) is 1.00. The molecule has 264 valence electrons. The van der Waals surface area contributed by atoms with Crippen LogP contribution < -0.4 is 0 Å². The van der Waals surface area contributed by atoms with Crippen molar-refractivity contribution in [3.63, 3.8) is 0 Å². The van der Waals surface area contributed by atoms with Crippen LogP contribution in [0.4, 0.5) is 0 Å². The molecule has 1 heterocycles. The van der Waals surface area contributed by atoms with Crippen LogP contribution in [0.2, 0.25) is 0 Å². The maximum absolute atomic E-state index is 2.83. The van der Waals surface area contributed by atoms with Crippen LogP contribution in [0.1, 0.15) is 251 Å². The Bertz CT molecular complexity index is 471. The Balaban J connectivity index is 1.77. The van der Waals surface area contributed by atoms with Gasteiger partial charge in [-0.3, -0.25) is 0 Å². The van der Waals surface area contributed by atoms with Gasteiger partial charge in [-0.1, -0.05) is 226 Å². The molecule has 0 aromatic carbocycles. The van der Waals surface area contributed by atoms with Crippen LogP contribution in [0, 0.1) is 5.92 Å². The first-order valence-electron chi connectivity index (χ1n) is 21.6. The van der Waals surface area contributed by atoms with Gasteiger partial charge in [-0.05, 0) is 44.7 Å². The minimum atomic E-state index is 1.01. The number of likely N-dealkylation sites (tertiary alicyclic amines) is 1. The Morgan fingerprint density at radius 2 is 0.659 bits per heavy atom. The molecule has 1 aliphatic rings. The minimum Gasteiger partial charge on any atom is -0.303 e. The molecule has 0 N–H and O–H groups in total. The van der Waals surface area contributed by atoms with Crippen LogP contribution in [0.25, 0.3) is 0 Å². The largest absolute Gasteiger partial charge is 0.303 e. The van der Waals surface area contributed by atoms with Crippen molar-refractivity contribution in [3.8, 4) is 0 Å².